The molecular weight excluding hydrogens is 164 g/mol. The Morgan fingerprint density at radius 1 is 1.23 bits per heavy atom. The van der Waals surface area contributed by atoms with Crippen molar-refractivity contribution in [3.8, 4) is 5.75 Å². The van der Waals surface area contributed by atoms with Crippen LogP contribution in [-0.4, -0.2) is 13.2 Å². The molecule has 0 unspecified atom stereocenters. The maximum Gasteiger partial charge on any atom is 0.129 e. The molecule has 13 heavy (non-hydrogen) atoms. The molecule has 0 fully saturated rings. The summed E-state index contributed by atoms with van der Waals surface area (Å²) in [4.78, 5) is 0. The van der Waals surface area contributed by atoms with E-state index in [-0.39, 0.29) is 0 Å². The Kier molecular flexibility index (Phi) is 1.27. The predicted octanol–water partition coefficient (Wildman–Crippen LogP) is 2.26. The molecule has 0 N–H and O–H groups in total. The Bertz CT molecular complexity index is 421. The highest BCUT2D eigenvalue weighted by molar-refractivity contribution is 5.75. The van der Waals surface area contributed by atoms with E-state index < -0.39 is 0 Å². The number of ether oxygens (including phenoxy) is 1. The molecule has 0 aromatic heterocycles. The van der Waals surface area contributed by atoms with E-state index in [2.05, 4.69) is 10.2 Å². The predicted molar refractivity (Wildman–Crippen MR) is 48.6 cm³/mol. The van der Waals surface area contributed by atoms with Crippen LogP contribution < -0.4 is 4.74 Å². The minimum absolute atomic E-state index is 0.638. The van der Waals surface area contributed by atoms with Gasteiger partial charge in [0, 0.05) is 11.1 Å². The van der Waals surface area contributed by atoms with Gasteiger partial charge in [-0.2, -0.15) is 10.2 Å². The lowest BCUT2D eigenvalue weighted by Crippen LogP contribution is -2.09. The van der Waals surface area contributed by atoms with E-state index >= 15 is 0 Å². The Hall–Kier alpha value is -1.64. The summed E-state index contributed by atoms with van der Waals surface area (Å²) in [6.45, 7) is 1.34. The summed E-state index contributed by atoms with van der Waals surface area (Å²) < 4.78 is 5.56. The van der Waals surface area contributed by atoms with E-state index in [1.807, 2.05) is 24.3 Å². The number of rotatable bonds is 0. The third-order valence-electron chi connectivity index (χ3n) is 2.31. The van der Waals surface area contributed by atoms with Gasteiger partial charge >= 0.3 is 0 Å². The third-order valence-corrected chi connectivity index (χ3v) is 2.31. The van der Waals surface area contributed by atoms with Crippen LogP contribution in [0.5, 0.6) is 5.75 Å². The van der Waals surface area contributed by atoms with Crippen molar-refractivity contribution >= 4 is 5.70 Å². The minimum atomic E-state index is 0.638. The molecule has 3 rings (SSSR count). The number of azo groups is 1. The quantitative estimate of drug-likeness (QED) is 0.591. The van der Waals surface area contributed by atoms with Gasteiger partial charge in [0.25, 0.3) is 0 Å². The van der Waals surface area contributed by atoms with Crippen molar-refractivity contribution in [1.29, 1.82) is 0 Å². The summed E-state index contributed by atoms with van der Waals surface area (Å²) >= 11 is 0. The van der Waals surface area contributed by atoms with Gasteiger partial charge < -0.3 is 4.74 Å². The van der Waals surface area contributed by atoms with E-state index in [0.29, 0.717) is 13.2 Å². The molecule has 2 aliphatic rings. The first-order valence-electron chi connectivity index (χ1n) is 4.27. The summed E-state index contributed by atoms with van der Waals surface area (Å²) in [5, 5.41) is 8.12. The fourth-order valence-corrected chi connectivity index (χ4v) is 1.65. The van der Waals surface area contributed by atoms with Crippen molar-refractivity contribution in [2.75, 3.05) is 13.2 Å². The zero-order chi connectivity index (χ0) is 8.67. The van der Waals surface area contributed by atoms with Crippen LogP contribution in [0, 0.1) is 0 Å². The van der Waals surface area contributed by atoms with Crippen molar-refractivity contribution < 1.29 is 4.74 Å². The summed E-state index contributed by atoms with van der Waals surface area (Å²) in [7, 11) is 0. The molecule has 64 valence electrons. The summed E-state index contributed by atoms with van der Waals surface area (Å²) in [6, 6.07) is 7.95. The van der Waals surface area contributed by atoms with Crippen molar-refractivity contribution in [2.24, 2.45) is 10.2 Å². The van der Waals surface area contributed by atoms with Crippen LogP contribution in [0.2, 0.25) is 0 Å². The zero-order valence-corrected chi connectivity index (χ0v) is 7.03. The summed E-state index contributed by atoms with van der Waals surface area (Å²) in [6.07, 6.45) is 0. The van der Waals surface area contributed by atoms with Crippen LogP contribution in [0.25, 0.3) is 5.70 Å². The second kappa shape index (κ2) is 2.42. The molecule has 1 aromatic carbocycles. The average molecular weight is 172 g/mol. The topological polar surface area (TPSA) is 34.0 Å². The van der Waals surface area contributed by atoms with Crippen LogP contribution in [0.1, 0.15) is 5.56 Å². The molecule has 0 saturated carbocycles. The normalized spacial score (nSPS) is 18.2. The van der Waals surface area contributed by atoms with Gasteiger partial charge in [-0.25, -0.2) is 0 Å². The zero-order valence-electron chi connectivity index (χ0n) is 7.03. The lowest BCUT2D eigenvalue weighted by molar-refractivity contribution is 0.345. The molecule has 0 aliphatic carbocycles. The standard InChI is InChI=1S/C10H8N2O/c1-2-4-9-8(3-1)10-7(6-13-9)5-11-12-10/h1-4H,5-6H2. The van der Waals surface area contributed by atoms with Gasteiger partial charge in [0.05, 0.1) is 6.54 Å². The summed E-state index contributed by atoms with van der Waals surface area (Å²) in [5.74, 6) is 0.919. The van der Waals surface area contributed by atoms with Gasteiger partial charge in [-0.1, -0.05) is 12.1 Å². The molecule has 0 radical (unpaired) electrons. The Labute approximate surface area is 75.8 Å². The van der Waals surface area contributed by atoms with E-state index in [1.54, 1.807) is 0 Å². The van der Waals surface area contributed by atoms with Gasteiger partial charge in [0.2, 0.25) is 0 Å². The molecule has 2 aliphatic heterocycles. The highest BCUT2D eigenvalue weighted by Crippen LogP contribution is 2.36. The fourth-order valence-electron chi connectivity index (χ4n) is 1.65. The van der Waals surface area contributed by atoms with Gasteiger partial charge in [0.15, 0.2) is 0 Å². The number of nitrogens with zero attached hydrogens (tertiary/aromatic N) is 2. The lowest BCUT2D eigenvalue weighted by atomic mass is 10.0. The maximum absolute atomic E-state index is 5.56. The van der Waals surface area contributed by atoms with Crippen LogP contribution in [0.15, 0.2) is 40.1 Å². The molecule has 2 heterocycles. The largest absolute Gasteiger partial charge is 0.488 e. The lowest BCUT2D eigenvalue weighted by Gasteiger charge is -2.16. The van der Waals surface area contributed by atoms with Crippen molar-refractivity contribution in [2.45, 2.75) is 0 Å². The van der Waals surface area contributed by atoms with Crippen LogP contribution in [0.4, 0.5) is 0 Å². The van der Waals surface area contributed by atoms with Crippen molar-refractivity contribution in [1.82, 2.24) is 0 Å². The molecule has 0 atom stereocenters. The van der Waals surface area contributed by atoms with E-state index in [0.717, 1.165) is 17.0 Å². The smallest absolute Gasteiger partial charge is 0.129 e. The molecule has 0 bridgehead atoms. The van der Waals surface area contributed by atoms with Crippen molar-refractivity contribution in [3.63, 3.8) is 0 Å². The third kappa shape index (κ3) is 0.900. The Morgan fingerprint density at radius 2 is 2.15 bits per heavy atom. The first kappa shape index (κ1) is 6.83. The number of hydrogen-bond acceptors (Lipinski definition) is 3. The van der Waals surface area contributed by atoms with Crippen LogP contribution in [0.3, 0.4) is 0 Å². The summed E-state index contributed by atoms with van der Waals surface area (Å²) in [5.41, 5.74) is 3.28. The molecule has 0 saturated heterocycles. The number of para-hydroxylation sites is 1. The van der Waals surface area contributed by atoms with Crippen LogP contribution in [-0.2, 0) is 0 Å². The maximum atomic E-state index is 5.56. The fraction of sp³-hybridized carbons (Fsp3) is 0.200. The first-order chi connectivity index (χ1) is 6.45. The van der Waals surface area contributed by atoms with E-state index in [1.165, 1.54) is 5.57 Å². The molecule has 0 amide bonds. The van der Waals surface area contributed by atoms with Crippen molar-refractivity contribution in [3.05, 3.63) is 35.4 Å². The van der Waals surface area contributed by atoms with Crippen LogP contribution >= 0.6 is 0 Å². The van der Waals surface area contributed by atoms with E-state index in [9.17, 15) is 0 Å². The van der Waals surface area contributed by atoms with Gasteiger partial charge in [-0.05, 0) is 12.1 Å². The number of fused-ring (bicyclic) bond motifs is 2. The molecule has 3 heteroatoms. The second-order valence-electron chi connectivity index (χ2n) is 3.14. The molecule has 1 aromatic rings. The minimum Gasteiger partial charge on any atom is -0.488 e. The number of hydrogen-bond donors (Lipinski definition) is 0. The molecular formula is C10H8N2O. The highest BCUT2D eigenvalue weighted by Gasteiger charge is 2.22. The average Bonchev–Trinajstić information content (AvgIpc) is 2.65. The Balaban J connectivity index is 2.23. The molecule has 3 nitrogen and oxygen atoms in total. The number of benzene rings is 1. The Morgan fingerprint density at radius 3 is 3.15 bits per heavy atom. The highest BCUT2D eigenvalue weighted by atomic mass is 16.5. The van der Waals surface area contributed by atoms with Gasteiger partial charge in [-0.3, -0.25) is 0 Å². The van der Waals surface area contributed by atoms with Gasteiger partial charge in [0.1, 0.15) is 18.1 Å². The molecule has 0 spiro atoms. The van der Waals surface area contributed by atoms with E-state index in [4.69, 9.17) is 4.74 Å². The SMILES string of the molecule is c1ccc2c(c1)OCC1=C2N=NC1. The van der Waals surface area contributed by atoms with Gasteiger partial charge in [-0.15, -0.1) is 0 Å². The second-order valence-corrected chi connectivity index (χ2v) is 3.14. The monoisotopic (exact) mass is 172 g/mol. The first-order valence-corrected chi connectivity index (χ1v) is 4.27.